The molecule has 3 unspecified atom stereocenters. The Hall–Kier alpha value is -0.410. The molecule has 3 atom stereocenters. The molecule has 0 amide bonds. The van der Waals surface area contributed by atoms with Crippen molar-refractivity contribution in [3.05, 3.63) is 28.5 Å². The molecule has 4 aliphatic carbocycles. The third-order valence-corrected chi connectivity index (χ3v) is 6.77. The Morgan fingerprint density at radius 1 is 1.29 bits per heavy atom. The van der Waals surface area contributed by atoms with Gasteiger partial charge in [-0.2, -0.15) is 0 Å². The van der Waals surface area contributed by atoms with Gasteiger partial charge in [0.05, 0.1) is 6.10 Å². The summed E-state index contributed by atoms with van der Waals surface area (Å²) >= 11 is 3.43. The first-order valence-electron chi connectivity index (χ1n) is 8.25. The van der Waals surface area contributed by atoms with E-state index in [2.05, 4.69) is 27.8 Å². The zero-order valence-corrected chi connectivity index (χ0v) is 14.3. The molecule has 4 aliphatic rings. The van der Waals surface area contributed by atoms with Crippen LogP contribution in [-0.4, -0.2) is 16.2 Å². The van der Waals surface area contributed by atoms with Crippen molar-refractivity contribution in [3.8, 4) is 0 Å². The zero-order chi connectivity index (χ0) is 14.7. The first kappa shape index (κ1) is 14.2. The van der Waals surface area contributed by atoms with E-state index in [0.717, 1.165) is 22.0 Å². The van der Waals surface area contributed by atoms with Crippen molar-refractivity contribution in [2.75, 3.05) is 0 Å². The lowest BCUT2D eigenvalue weighted by Gasteiger charge is -2.62. The smallest absolute Gasteiger partial charge is 0.0652 e. The van der Waals surface area contributed by atoms with Gasteiger partial charge in [0.15, 0.2) is 0 Å². The van der Waals surface area contributed by atoms with Crippen molar-refractivity contribution in [2.24, 2.45) is 22.7 Å². The van der Waals surface area contributed by atoms with Gasteiger partial charge in [0.2, 0.25) is 0 Å². The highest BCUT2D eigenvalue weighted by Gasteiger charge is 2.58. The van der Waals surface area contributed by atoms with Crippen LogP contribution in [0.15, 0.2) is 22.8 Å². The van der Waals surface area contributed by atoms with Crippen LogP contribution in [0.3, 0.4) is 0 Å². The van der Waals surface area contributed by atoms with Crippen LogP contribution in [0.25, 0.3) is 0 Å². The van der Waals surface area contributed by atoms with Gasteiger partial charge in [-0.3, -0.25) is 4.98 Å². The Balaban J connectivity index is 1.56. The molecule has 5 rings (SSSR count). The second kappa shape index (κ2) is 4.79. The Morgan fingerprint density at radius 3 is 2.57 bits per heavy atom. The SMILES string of the molecule is CC12CC3CC(C1)CC(C(O)Cc1ccc(Br)cn1)(C3)C2. The maximum absolute atomic E-state index is 11.0. The maximum Gasteiger partial charge on any atom is 0.0652 e. The molecule has 4 fully saturated rings. The number of aromatic nitrogens is 1. The number of aliphatic hydroxyl groups excluding tert-OH is 1. The number of hydrogen-bond donors (Lipinski definition) is 1. The average Bonchev–Trinajstić information content (AvgIpc) is 2.38. The average molecular weight is 350 g/mol. The summed E-state index contributed by atoms with van der Waals surface area (Å²) in [5, 5.41) is 11.0. The molecule has 2 nitrogen and oxygen atoms in total. The van der Waals surface area contributed by atoms with Gasteiger partial charge in [-0.05, 0) is 89.3 Å². The van der Waals surface area contributed by atoms with Crippen LogP contribution in [0.1, 0.15) is 51.1 Å². The van der Waals surface area contributed by atoms with Gasteiger partial charge in [0.25, 0.3) is 0 Å². The summed E-state index contributed by atoms with van der Waals surface area (Å²) in [4.78, 5) is 4.46. The second-order valence-corrected chi connectivity index (χ2v) is 9.24. The highest BCUT2D eigenvalue weighted by molar-refractivity contribution is 9.10. The van der Waals surface area contributed by atoms with Crippen molar-refractivity contribution in [1.82, 2.24) is 4.98 Å². The molecule has 0 aliphatic heterocycles. The molecule has 0 radical (unpaired) electrons. The third kappa shape index (κ3) is 2.46. The van der Waals surface area contributed by atoms with E-state index in [1.165, 1.54) is 38.5 Å². The van der Waals surface area contributed by atoms with Gasteiger partial charge >= 0.3 is 0 Å². The van der Waals surface area contributed by atoms with E-state index in [-0.39, 0.29) is 11.5 Å². The normalized spacial score (nSPS) is 42.2. The van der Waals surface area contributed by atoms with E-state index in [1.807, 2.05) is 18.3 Å². The molecule has 4 bridgehead atoms. The lowest BCUT2D eigenvalue weighted by Crippen LogP contribution is -2.55. The fraction of sp³-hybridized carbons (Fsp3) is 0.722. The summed E-state index contributed by atoms with van der Waals surface area (Å²) in [6.07, 6.45) is 10.3. The number of pyridine rings is 1. The van der Waals surface area contributed by atoms with Crippen LogP contribution in [0.2, 0.25) is 0 Å². The Kier molecular flexibility index (Phi) is 3.24. The minimum atomic E-state index is -0.226. The summed E-state index contributed by atoms with van der Waals surface area (Å²) in [5.41, 5.74) is 1.69. The molecule has 0 spiro atoms. The summed E-state index contributed by atoms with van der Waals surface area (Å²) in [7, 11) is 0. The number of nitrogens with zero attached hydrogens (tertiary/aromatic N) is 1. The Labute approximate surface area is 135 Å². The predicted molar refractivity (Wildman–Crippen MR) is 86.9 cm³/mol. The third-order valence-electron chi connectivity index (χ3n) is 6.30. The van der Waals surface area contributed by atoms with Crippen LogP contribution in [0, 0.1) is 22.7 Å². The van der Waals surface area contributed by atoms with Crippen molar-refractivity contribution in [1.29, 1.82) is 0 Å². The van der Waals surface area contributed by atoms with E-state index in [4.69, 9.17) is 0 Å². The van der Waals surface area contributed by atoms with Gasteiger partial charge in [-0.25, -0.2) is 0 Å². The van der Waals surface area contributed by atoms with Crippen molar-refractivity contribution >= 4 is 15.9 Å². The van der Waals surface area contributed by atoms with Gasteiger partial charge in [-0.1, -0.05) is 6.92 Å². The molecule has 1 heterocycles. The van der Waals surface area contributed by atoms with Gasteiger partial charge in [0.1, 0.15) is 0 Å². The highest BCUT2D eigenvalue weighted by atomic mass is 79.9. The van der Waals surface area contributed by atoms with E-state index in [9.17, 15) is 5.11 Å². The van der Waals surface area contributed by atoms with E-state index in [0.29, 0.717) is 11.8 Å². The molecule has 1 aromatic rings. The molecule has 1 N–H and O–H groups in total. The first-order valence-corrected chi connectivity index (χ1v) is 9.04. The molecule has 114 valence electrons. The molecule has 4 saturated carbocycles. The van der Waals surface area contributed by atoms with Crippen LogP contribution in [0.4, 0.5) is 0 Å². The minimum Gasteiger partial charge on any atom is -0.392 e. The van der Waals surface area contributed by atoms with Crippen LogP contribution < -0.4 is 0 Å². The zero-order valence-electron chi connectivity index (χ0n) is 12.7. The number of rotatable bonds is 3. The van der Waals surface area contributed by atoms with Crippen molar-refractivity contribution in [3.63, 3.8) is 0 Å². The van der Waals surface area contributed by atoms with Gasteiger partial charge in [0, 0.05) is 22.8 Å². The summed E-state index contributed by atoms with van der Waals surface area (Å²) in [6, 6.07) is 4.06. The molecule has 0 saturated heterocycles. The Morgan fingerprint density at radius 2 is 2.00 bits per heavy atom. The lowest BCUT2D eigenvalue weighted by molar-refractivity contribution is -0.152. The van der Waals surface area contributed by atoms with Crippen LogP contribution >= 0.6 is 15.9 Å². The topological polar surface area (TPSA) is 33.1 Å². The highest BCUT2D eigenvalue weighted by Crippen LogP contribution is 2.66. The fourth-order valence-corrected chi connectivity index (χ4v) is 6.36. The predicted octanol–water partition coefficient (Wildman–Crippen LogP) is 4.35. The quantitative estimate of drug-likeness (QED) is 0.879. The lowest BCUT2D eigenvalue weighted by atomic mass is 9.43. The number of hydrogen-bond acceptors (Lipinski definition) is 2. The summed E-state index contributed by atoms with van der Waals surface area (Å²) in [6.45, 7) is 2.46. The number of halogens is 1. The van der Waals surface area contributed by atoms with Gasteiger partial charge in [-0.15, -0.1) is 0 Å². The van der Waals surface area contributed by atoms with E-state index in [1.54, 1.807) is 0 Å². The number of aliphatic hydroxyl groups is 1. The van der Waals surface area contributed by atoms with Crippen molar-refractivity contribution < 1.29 is 5.11 Å². The van der Waals surface area contributed by atoms with Crippen molar-refractivity contribution in [2.45, 2.75) is 58.0 Å². The molecule has 1 aromatic heterocycles. The largest absolute Gasteiger partial charge is 0.392 e. The van der Waals surface area contributed by atoms with Crippen LogP contribution in [0.5, 0.6) is 0 Å². The van der Waals surface area contributed by atoms with Gasteiger partial charge < -0.3 is 5.11 Å². The summed E-state index contributed by atoms with van der Waals surface area (Å²) in [5.74, 6) is 1.73. The Bertz CT molecular complexity index is 527. The monoisotopic (exact) mass is 349 g/mol. The summed E-state index contributed by atoms with van der Waals surface area (Å²) < 4.78 is 1.00. The second-order valence-electron chi connectivity index (χ2n) is 8.32. The standard InChI is InChI=1S/C18H24BrNO/c1-17-6-12-4-13(7-17)9-18(8-12,11-17)16(21)5-15-3-2-14(19)10-20-15/h2-3,10,12-13,16,21H,4-9,11H2,1H3. The maximum atomic E-state index is 11.0. The molecular formula is C18H24BrNO. The molecule has 0 aromatic carbocycles. The first-order chi connectivity index (χ1) is 9.96. The molecule has 3 heteroatoms. The van der Waals surface area contributed by atoms with E-state index >= 15 is 0 Å². The van der Waals surface area contributed by atoms with Crippen LogP contribution in [-0.2, 0) is 6.42 Å². The molecule has 21 heavy (non-hydrogen) atoms. The fourth-order valence-electron chi connectivity index (χ4n) is 6.13. The van der Waals surface area contributed by atoms with E-state index < -0.39 is 0 Å². The molecular weight excluding hydrogens is 326 g/mol. The minimum absolute atomic E-state index is 0.174.